The Morgan fingerprint density at radius 3 is 2.80 bits per heavy atom. The summed E-state index contributed by atoms with van der Waals surface area (Å²) in [7, 11) is 0. The van der Waals surface area contributed by atoms with Gasteiger partial charge in [0, 0.05) is 5.57 Å². The van der Waals surface area contributed by atoms with Crippen molar-refractivity contribution in [1.29, 1.82) is 0 Å². The zero-order valence-corrected chi connectivity index (χ0v) is 10.7. The molecule has 2 aromatic carbocycles. The van der Waals surface area contributed by atoms with Crippen molar-refractivity contribution < 1.29 is 14.6 Å². The summed E-state index contributed by atoms with van der Waals surface area (Å²) in [6, 6.07) is 12.0. The van der Waals surface area contributed by atoms with Gasteiger partial charge in [0.15, 0.2) is 5.78 Å². The first kappa shape index (κ1) is 12.3. The van der Waals surface area contributed by atoms with Crippen molar-refractivity contribution in [2.24, 2.45) is 0 Å². The number of fused-ring (bicyclic) bond motifs is 1. The molecule has 1 heterocycles. The van der Waals surface area contributed by atoms with Gasteiger partial charge in [0.1, 0.15) is 18.1 Å². The number of benzene rings is 2. The van der Waals surface area contributed by atoms with Crippen LogP contribution in [0.2, 0.25) is 0 Å². The number of carbonyl (C=O) groups excluding carboxylic acids is 1. The molecule has 0 radical (unpaired) electrons. The first-order valence-corrected chi connectivity index (χ1v) is 6.21. The number of nitrogen functional groups attached to an aromatic ring is 1. The number of phenolic OH excluding ortho intramolecular Hbond substituents is 1. The lowest BCUT2D eigenvalue weighted by atomic mass is 9.98. The van der Waals surface area contributed by atoms with E-state index in [-0.39, 0.29) is 23.8 Å². The molecule has 1 aliphatic rings. The van der Waals surface area contributed by atoms with Gasteiger partial charge in [-0.3, -0.25) is 4.79 Å². The highest BCUT2D eigenvalue weighted by atomic mass is 16.5. The number of aromatic hydroxyl groups is 1. The smallest absolute Gasteiger partial charge is 0.196 e. The molecule has 4 nitrogen and oxygen atoms in total. The standard InChI is InChI=1S/C16H13NO3/c17-13-8-10(5-6-14(13)18)7-11-9-20-15-4-2-1-3-12(15)16(11)19/h1-8,18H,9,17H2/b11-7+. The average Bonchev–Trinajstić information content (AvgIpc) is 2.46. The molecule has 0 bridgehead atoms. The van der Waals surface area contributed by atoms with E-state index in [0.717, 1.165) is 5.56 Å². The molecule has 0 spiro atoms. The van der Waals surface area contributed by atoms with Crippen molar-refractivity contribution in [2.45, 2.75) is 0 Å². The second-order valence-corrected chi connectivity index (χ2v) is 4.60. The SMILES string of the molecule is Nc1cc(/C=C2\COc3ccccc3C2=O)ccc1O. The minimum atomic E-state index is -0.0431. The van der Waals surface area contributed by atoms with E-state index < -0.39 is 0 Å². The average molecular weight is 267 g/mol. The summed E-state index contributed by atoms with van der Waals surface area (Å²) < 4.78 is 5.56. The van der Waals surface area contributed by atoms with Crippen molar-refractivity contribution in [3.05, 3.63) is 59.2 Å². The number of ketones is 1. The van der Waals surface area contributed by atoms with E-state index in [2.05, 4.69) is 0 Å². The molecule has 1 aliphatic heterocycles. The van der Waals surface area contributed by atoms with Crippen molar-refractivity contribution in [2.75, 3.05) is 12.3 Å². The van der Waals surface area contributed by atoms with Gasteiger partial charge in [-0.05, 0) is 35.9 Å². The number of hydrogen-bond acceptors (Lipinski definition) is 4. The fourth-order valence-corrected chi connectivity index (χ4v) is 2.15. The Labute approximate surface area is 116 Å². The van der Waals surface area contributed by atoms with Gasteiger partial charge in [-0.2, -0.15) is 0 Å². The number of phenols is 1. The number of hydrogen-bond donors (Lipinski definition) is 2. The summed E-state index contributed by atoms with van der Waals surface area (Å²) >= 11 is 0. The lowest BCUT2D eigenvalue weighted by molar-refractivity contribution is 0.100. The number of anilines is 1. The van der Waals surface area contributed by atoms with Crippen molar-refractivity contribution in [1.82, 2.24) is 0 Å². The van der Waals surface area contributed by atoms with E-state index in [1.54, 1.807) is 30.3 Å². The van der Waals surface area contributed by atoms with Crippen molar-refractivity contribution in [3.63, 3.8) is 0 Å². The third-order valence-electron chi connectivity index (χ3n) is 3.20. The fourth-order valence-electron chi connectivity index (χ4n) is 2.15. The highest BCUT2D eigenvalue weighted by Gasteiger charge is 2.22. The molecule has 0 amide bonds. The van der Waals surface area contributed by atoms with Crippen LogP contribution in [0.25, 0.3) is 6.08 Å². The second kappa shape index (κ2) is 4.74. The fraction of sp³-hybridized carbons (Fsp3) is 0.0625. The van der Waals surface area contributed by atoms with Crippen LogP contribution in [0.1, 0.15) is 15.9 Å². The normalized spacial score (nSPS) is 15.8. The molecule has 0 aromatic heterocycles. The van der Waals surface area contributed by atoms with E-state index in [4.69, 9.17) is 10.5 Å². The van der Waals surface area contributed by atoms with E-state index in [1.165, 1.54) is 6.07 Å². The van der Waals surface area contributed by atoms with Gasteiger partial charge in [-0.1, -0.05) is 18.2 Å². The van der Waals surface area contributed by atoms with Gasteiger partial charge in [0.2, 0.25) is 0 Å². The van der Waals surface area contributed by atoms with Crippen LogP contribution in [0.5, 0.6) is 11.5 Å². The third kappa shape index (κ3) is 2.12. The third-order valence-corrected chi connectivity index (χ3v) is 3.20. The lowest BCUT2D eigenvalue weighted by Crippen LogP contribution is -2.18. The number of para-hydroxylation sites is 1. The van der Waals surface area contributed by atoms with Crippen LogP contribution >= 0.6 is 0 Å². The Hall–Kier alpha value is -2.75. The molecule has 0 saturated carbocycles. The molecule has 3 rings (SSSR count). The van der Waals surface area contributed by atoms with Crippen LogP contribution in [-0.4, -0.2) is 17.5 Å². The predicted molar refractivity (Wildman–Crippen MR) is 76.8 cm³/mol. The largest absolute Gasteiger partial charge is 0.506 e. The zero-order valence-electron chi connectivity index (χ0n) is 10.7. The molecule has 3 N–H and O–H groups in total. The maximum atomic E-state index is 12.3. The number of carbonyl (C=O) groups is 1. The number of Topliss-reactive ketones (excluding diaryl/α,β-unsaturated/α-hetero) is 1. The van der Waals surface area contributed by atoms with Crippen molar-refractivity contribution >= 4 is 17.5 Å². The molecule has 0 aliphatic carbocycles. The monoisotopic (exact) mass is 267 g/mol. The van der Waals surface area contributed by atoms with Crippen molar-refractivity contribution in [3.8, 4) is 11.5 Å². The quantitative estimate of drug-likeness (QED) is 0.473. The first-order chi connectivity index (χ1) is 9.65. The molecular formula is C16H13NO3. The Bertz CT molecular complexity index is 719. The van der Waals surface area contributed by atoms with Crippen LogP contribution in [0, 0.1) is 0 Å². The van der Waals surface area contributed by atoms with Gasteiger partial charge >= 0.3 is 0 Å². The minimum Gasteiger partial charge on any atom is -0.506 e. The number of nitrogens with two attached hydrogens (primary N) is 1. The van der Waals surface area contributed by atoms with Gasteiger partial charge in [-0.15, -0.1) is 0 Å². The molecule has 0 saturated heterocycles. The highest BCUT2D eigenvalue weighted by molar-refractivity contribution is 6.14. The van der Waals surface area contributed by atoms with Crippen LogP contribution < -0.4 is 10.5 Å². The first-order valence-electron chi connectivity index (χ1n) is 6.21. The number of rotatable bonds is 1. The topological polar surface area (TPSA) is 72.5 Å². The summed E-state index contributed by atoms with van der Waals surface area (Å²) in [5.74, 6) is 0.599. The van der Waals surface area contributed by atoms with Crippen LogP contribution in [0.15, 0.2) is 48.0 Å². The summed E-state index contributed by atoms with van der Waals surface area (Å²) in [4.78, 5) is 12.3. The summed E-state index contributed by atoms with van der Waals surface area (Å²) in [6.07, 6.45) is 1.73. The summed E-state index contributed by atoms with van der Waals surface area (Å²) in [6.45, 7) is 0.233. The molecule has 0 unspecified atom stereocenters. The second-order valence-electron chi connectivity index (χ2n) is 4.60. The Morgan fingerprint density at radius 2 is 2.00 bits per heavy atom. The summed E-state index contributed by atoms with van der Waals surface area (Å²) in [5, 5.41) is 9.39. The van der Waals surface area contributed by atoms with Crippen LogP contribution in [-0.2, 0) is 0 Å². The van der Waals surface area contributed by atoms with E-state index in [0.29, 0.717) is 16.9 Å². The summed E-state index contributed by atoms with van der Waals surface area (Å²) in [5.41, 5.74) is 7.81. The maximum Gasteiger partial charge on any atom is 0.196 e. The minimum absolute atomic E-state index is 0.0312. The molecule has 20 heavy (non-hydrogen) atoms. The van der Waals surface area contributed by atoms with Gasteiger partial charge in [-0.25, -0.2) is 0 Å². The predicted octanol–water partition coefficient (Wildman–Crippen LogP) is 2.63. The van der Waals surface area contributed by atoms with E-state index >= 15 is 0 Å². The number of ether oxygens (including phenoxy) is 1. The highest BCUT2D eigenvalue weighted by Crippen LogP contribution is 2.28. The van der Waals surface area contributed by atoms with Crippen LogP contribution in [0.4, 0.5) is 5.69 Å². The Balaban J connectivity index is 1.97. The molecule has 4 heteroatoms. The van der Waals surface area contributed by atoms with E-state index in [1.807, 2.05) is 12.1 Å². The van der Waals surface area contributed by atoms with Crippen LogP contribution in [0.3, 0.4) is 0 Å². The van der Waals surface area contributed by atoms with Gasteiger partial charge < -0.3 is 15.6 Å². The molecule has 0 fully saturated rings. The zero-order chi connectivity index (χ0) is 14.1. The molecule has 0 atom stereocenters. The lowest BCUT2D eigenvalue weighted by Gasteiger charge is -2.18. The molecule has 100 valence electrons. The molecule has 2 aromatic rings. The molecular weight excluding hydrogens is 254 g/mol. The Morgan fingerprint density at radius 1 is 1.20 bits per heavy atom. The van der Waals surface area contributed by atoms with E-state index in [9.17, 15) is 9.90 Å². The van der Waals surface area contributed by atoms with Gasteiger partial charge in [0.25, 0.3) is 0 Å². The maximum absolute atomic E-state index is 12.3. The van der Waals surface area contributed by atoms with Gasteiger partial charge in [0.05, 0.1) is 11.3 Å². The Kier molecular flexibility index (Phi) is 2.91.